The minimum atomic E-state index is -0.431. The lowest BCUT2D eigenvalue weighted by Gasteiger charge is -2.47. The van der Waals surface area contributed by atoms with Crippen LogP contribution in [-0.4, -0.2) is 44.6 Å². The van der Waals surface area contributed by atoms with Crippen molar-refractivity contribution in [2.24, 2.45) is 17.2 Å². The number of rotatable bonds is 3. The average molecular weight is 244 g/mol. The minimum absolute atomic E-state index is 0.216. The molecule has 2 fully saturated rings. The Kier molecular flexibility index (Phi) is 4.88. The molecule has 0 atom stereocenters. The van der Waals surface area contributed by atoms with Gasteiger partial charge in [0, 0.05) is 12.1 Å². The van der Waals surface area contributed by atoms with E-state index in [-0.39, 0.29) is 11.7 Å². The molecule has 0 radical (unpaired) electrons. The van der Waals surface area contributed by atoms with Gasteiger partial charge in [0.25, 0.3) is 0 Å². The second-order valence-electron chi connectivity index (χ2n) is 5.38. The zero-order valence-corrected chi connectivity index (χ0v) is 11.2. The van der Waals surface area contributed by atoms with Crippen molar-refractivity contribution in [1.29, 1.82) is 0 Å². The molecule has 2 aliphatic rings. The third-order valence-electron chi connectivity index (χ3n) is 3.84. The molecule has 0 aromatic heterocycles. The van der Waals surface area contributed by atoms with Gasteiger partial charge in [0.1, 0.15) is 0 Å². The summed E-state index contributed by atoms with van der Waals surface area (Å²) in [4.78, 5) is 0. The SMILES string of the molecule is CNC1CC(NC)(NC)C1.NC1CC(N)(N)C1. The second kappa shape index (κ2) is 5.60. The van der Waals surface area contributed by atoms with Gasteiger partial charge >= 0.3 is 0 Å². The first kappa shape index (κ1) is 14.8. The van der Waals surface area contributed by atoms with Crippen LogP contribution in [0.1, 0.15) is 25.7 Å². The van der Waals surface area contributed by atoms with Crippen LogP contribution >= 0.6 is 0 Å². The minimum Gasteiger partial charge on any atom is -0.327 e. The molecule has 6 nitrogen and oxygen atoms in total. The van der Waals surface area contributed by atoms with Crippen molar-refractivity contribution in [2.75, 3.05) is 21.1 Å². The van der Waals surface area contributed by atoms with Crippen LogP contribution in [0.5, 0.6) is 0 Å². The Bertz CT molecular complexity index is 222. The first-order valence-electron chi connectivity index (χ1n) is 6.25. The lowest BCUT2D eigenvalue weighted by atomic mass is 9.80. The van der Waals surface area contributed by atoms with Crippen molar-refractivity contribution in [1.82, 2.24) is 16.0 Å². The third-order valence-corrected chi connectivity index (χ3v) is 3.84. The monoisotopic (exact) mass is 244 g/mol. The third kappa shape index (κ3) is 3.87. The summed E-state index contributed by atoms with van der Waals surface area (Å²) in [7, 11) is 6.02. The molecule has 0 aliphatic heterocycles. The first-order valence-corrected chi connectivity index (χ1v) is 6.25. The van der Waals surface area contributed by atoms with Crippen molar-refractivity contribution in [3.8, 4) is 0 Å². The molecular weight excluding hydrogens is 216 g/mol. The van der Waals surface area contributed by atoms with Crippen molar-refractivity contribution < 1.29 is 0 Å². The molecule has 2 saturated carbocycles. The maximum Gasteiger partial charge on any atom is 0.0712 e. The van der Waals surface area contributed by atoms with E-state index in [1.54, 1.807) is 0 Å². The summed E-state index contributed by atoms with van der Waals surface area (Å²) in [6.45, 7) is 0. The predicted octanol–water partition coefficient (Wildman–Crippen LogP) is -1.78. The molecule has 102 valence electrons. The van der Waals surface area contributed by atoms with Crippen LogP contribution < -0.4 is 33.2 Å². The van der Waals surface area contributed by atoms with Gasteiger partial charge in [-0.15, -0.1) is 0 Å². The van der Waals surface area contributed by atoms with Crippen LogP contribution in [0.2, 0.25) is 0 Å². The molecule has 0 heterocycles. The van der Waals surface area contributed by atoms with E-state index in [0.717, 1.165) is 12.8 Å². The Balaban J connectivity index is 0.000000181. The Morgan fingerprint density at radius 2 is 1.41 bits per heavy atom. The van der Waals surface area contributed by atoms with Gasteiger partial charge in [-0.2, -0.15) is 0 Å². The summed E-state index contributed by atoms with van der Waals surface area (Å²) in [5.74, 6) is 0. The average Bonchev–Trinajstić information content (AvgIpc) is 2.16. The Labute approximate surface area is 104 Å². The van der Waals surface area contributed by atoms with Gasteiger partial charge in [0.05, 0.1) is 11.3 Å². The maximum absolute atomic E-state index is 5.41. The Morgan fingerprint density at radius 3 is 1.59 bits per heavy atom. The van der Waals surface area contributed by atoms with E-state index in [9.17, 15) is 0 Å². The summed E-state index contributed by atoms with van der Waals surface area (Å²) < 4.78 is 0. The number of hydrogen-bond donors (Lipinski definition) is 6. The van der Waals surface area contributed by atoms with Gasteiger partial charge in [-0.05, 0) is 46.8 Å². The highest BCUT2D eigenvalue weighted by Crippen LogP contribution is 2.28. The normalized spacial score (nSPS) is 26.5. The van der Waals surface area contributed by atoms with Gasteiger partial charge in [0.15, 0.2) is 0 Å². The number of hydrogen-bond acceptors (Lipinski definition) is 6. The summed E-state index contributed by atoms with van der Waals surface area (Å²) in [5.41, 5.74) is 16.0. The maximum atomic E-state index is 5.41. The summed E-state index contributed by atoms with van der Waals surface area (Å²) >= 11 is 0. The molecule has 0 bridgehead atoms. The lowest BCUT2D eigenvalue weighted by Crippen LogP contribution is -2.66. The Morgan fingerprint density at radius 1 is 0.941 bits per heavy atom. The van der Waals surface area contributed by atoms with Crippen LogP contribution in [0.3, 0.4) is 0 Å². The van der Waals surface area contributed by atoms with Crippen molar-refractivity contribution >= 4 is 0 Å². The van der Waals surface area contributed by atoms with Gasteiger partial charge in [-0.25, -0.2) is 0 Å². The van der Waals surface area contributed by atoms with Crippen LogP contribution in [0.25, 0.3) is 0 Å². The summed E-state index contributed by atoms with van der Waals surface area (Å²) in [6, 6.07) is 0.954. The van der Waals surface area contributed by atoms with Crippen LogP contribution in [0.15, 0.2) is 0 Å². The lowest BCUT2D eigenvalue weighted by molar-refractivity contribution is 0.115. The molecule has 2 rings (SSSR count). The zero-order valence-electron chi connectivity index (χ0n) is 11.2. The highest BCUT2D eigenvalue weighted by molar-refractivity contribution is 5.00. The molecule has 6 heteroatoms. The quantitative estimate of drug-likeness (QED) is 0.327. The fraction of sp³-hybridized carbons (Fsp3) is 1.00. The van der Waals surface area contributed by atoms with Crippen molar-refractivity contribution in [3.63, 3.8) is 0 Å². The second-order valence-corrected chi connectivity index (χ2v) is 5.38. The fourth-order valence-electron chi connectivity index (χ4n) is 2.44. The number of nitrogens with two attached hydrogens (primary N) is 3. The van der Waals surface area contributed by atoms with Crippen LogP contribution in [0, 0.1) is 0 Å². The molecule has 0 aromatic carbocycles. The molecule has 0 saturated heterocycles. The number of nitrogens with one attached hydrogen (secondary N) is 3. The smallest absolute Gasteiger partial charge is 0.0712 e. The van der Waals surface area contributed by atoms with Gasteiger partial charge in [0.2, 0.25) is 0 Å². The molecule has 0 amide bonds. The standard InChI is InChI=1S/C7H17N3.C4H11N3/c1-8-6-4-7(5-6,9-2)10-3;5-3-1-4(6,7)2-3/h6,8-10H,4-5H2,1-3H3;3H,1-2,5-7H2. The predicted molar refractivity (Wildman–Crippen MR) is 71.2 cm³/mol. The Hall–Kier alpha value is -0.240. The van der Waals surface area contributed by atoms with E-state index >= 15 is 0 Å². The molecule has 2 aliphatic carbocycles. The van der Waals surface area contributed by atoms with Crippen LogP contribution in [-0.2, 0) is 0 Å². The topological polar surface area (TPSA) is 114 Å². The summed E-state index contributed by atoms with van der Waals surface area (Å²) in [5, 5.41) is 9.80. The van der Waals surface area contributed by atoms with E-state index in [2.05, 4.69) is 16.0 Å². The van der Waals surface area contributed by atoms with Gasteiger partial charge in [-0.1, -0.05) is 0 Å². The van der Waals surface area contributed by atoms with Crippen molar-refractivity contribution in [2.45, 2.75) is 49.1 Å². The zero-order chi connectivity index (χ0) is 13.1. The summed E-state index contributed by atoms with van der Waals surface area (Å²) in [6.07, 6.45) is 3.90. The largest absolute Gasteiger partial charge is 0.327 e. The van der Waals surface area contributed by atoms with Gasteiger partial charge in [-0.3, -0.25) is 0 Å². The van der Waals surface area contributed by atoms with Crippen molar-refractivity contribution in [3.05, 3.63) is 0 Å². The first-order chi connectivity index (χ1) is 7.86. The molecule has 9 N–H and O–H groups in total. The molecule has 0 unspecified atom stereocenters. The fourth-order valence-corrected chi connectivity index (χ4v) is 2.44. The molecular formula is C11H28N6. The van der Waals surface area contributed by atoms with E-state index in [0.29, 0.717) is 6.04 Å². The van der Waals surface area contributed by atoms with Crippen LogP contribution in [0.4, 0.5) is 0 Å². The molecule has 0 aromatic rings. The van der Waals surface area contributed by atoms with Gasteiger partial charge < -0.3 is 33.2 Å². The van der Waals surface area contributed by atoms with E-state index in [1.165, 1.54) is 12.8 Å². The van der Waals surface area contributed by atoms with E-state index < -0.39 is 5.66 Å². The highest BCUT2D eigenvalue weighted by Gasteiger charge is 2.40. The molecule has 0 spiro atoms. The van der Waals surface area contributed by atoms with E-state index in [4.69, 9.17) is 17.2 Å². The molecule has 17 heavy (non-hydrogen) atoms. The van der Waals surface area contributed by atoms with E-state index in [1.807, 2.05) is 21.1 Å². The highest BCUT2D eigenvalue weighted by atomic mass is 15.2.